The van der Waals surface area contributed by atoms with Crippen LogP contribution in [0.15, 0.2) is 48.5 Å². The molecule has 0 saturated carbocycles. The van der Waals surface area contributed by atoms with Gasteiger partial charge in [-0.3, -0.25) is 10.1 Å². The predicted octanol–water partition coefficient (Wildman–Crippen LogP) is 0.808. The number of halogens is 1. The molecule has 0 N–H and O–H groups in total. The molecule has 0 unspecified atom stereocenters. The van der Waals surface area contributed by atoms with Crippen LogP contribution < -0.4 is 28.5 Å². The lowest BCUT2D eigenvalue weighted by Crippen LogP contribution is -3.00. The summed E-state index contributed by atoms with van der Waals surface area (Å²) in [5.41, 5.74) is 2.25. The van der Waals surface area contributed by atoms with E-state index in [9.17, 15) is 10.1 Å². The van der Waals surface area contributed by atoms with Crippen LogP contribution in [0.1, 0.15) is 10.6 Å². The Balaban J connectivity index is 0.00000176. The number of thiazole rings is 1. The van der Waals surface area contributed by atoms with E-state index in [1.54, 1.807) is 23.5 Å². The second-order valence-electron chi connectivity index (χ2n) is 4.65. The molecule has 0 aliphatic carbocycles. The Hall–Kier alpha value is -1.80. The Morgan fingerprint density at radius 1 is 1.09 bits per heavy atom. The van der Waals surface area contributed by atoms with Gasteiger partial charge in [0.2, 0.25) is 5.52 Å². The third-order valence-corrected chi connectivity index (χ3v) is 4.48. The molecule has 112 valence electrons. The number of para-hydroxylation sites is 1. The van der Waals surface area contributed by atoms with Gasteiger partial charge in [0.15, 0.2) is 0 Å². The molecule has 2 aromatic carbocycles. The molecule has 0 radical (unpaired) electrons. The number of hydrogen-bond acceptors (Lipinski definition) is 3. The van der Waals surface area contributed by atoms with E-state index in [-0.39, 0.29) is 34.6 Å². The summed E-state index contributed by atoms with van der Waals surface area (Å²) in [5, 5.41) is 11.8. The van der Waals surface area contributed by atoms with E-state index < -0.39 is 0 Å². The van der Waals surface area contributed by atoms with Gasteiger partial charge in [-0.05, 0) is 29.8 Å². The normalized spacial score (nSPS) is 10.8. The van der Waals surface area contributed by atoms with Crippen LogP contribution in [0.3, 0.4) is 0 Å². The van der Waals surface area contributed by atoms with Crippen molar-refractivity contribution in [3.05, 3.63) is 69.2 Å². The van der Waals surface area contributed by atoms with Crippen LogP contribution in [-0.4, -0.2) is 4.92 Å². The Kier molecular flexibility index (Phi) is 5.25. The molecule has 0 saturated heterocycles. The SMILES string of the molecule is C[n+]1c(C=Cc2ccc([N+](=O)[O-])cc2)sc2ccccc21.[I-]. The van der Waals surface area contributed by atoms with Crippen LogP contribution in [0, 0.1) is 10.1 Å². The van der Waals surface area contributed by atoms with E-state index in [2.05, 4.69) is 16.7 Å². The first-order valence-corrected chi connectivity index (χ1v) is 7.27. The van der Waals surface area contributed by atoms with Gasteiger partial charge in [-0.2, -0.15) is 4.57 Å². The zero-order valence-corrected chi connectivity index (χ0v) is 14.7. The van der Waals surface area contributed by atoms with Crippen molar-refractivity contribution in [2.45, 2.75) is 0 Å². The molecule has 3 aromatic rings. The maximum absolute atomic E-state index is 10.6. The highest BCUT2D eigenvalue weighted by molar-refractivity contribution is 7.18. The number of nitro benzene ring substituents is 1. The highest BCUT2D eigenvalue weighted by atomic mass is 127. The summed E-state index contributed by atoms with van der Waals surface area (Å²) in [6.45, 7) is 0. The largest absolute Gasteiger partial charge is 1.00 e. The number of non-ortho nitro benzene ring substituents is 1. The Bertz CT molecular complexity index is 841. The lowest BCUT2D eigenvalue weighted by Gasteiger charge is -1.92. The number of nitro groups is 1. The summed E-state index contributed by atoms with van der Waals surface area (Å²) in [6, 6.07) is 14.8. The Morgan fingerprint density at radius 3 is 2.41 bits per heavy atom. The van der Waals surface area contributed by atoms with Gasteiger partial charge in [0.1, 0.15) is 11.7 Å². The first kappa shape index (κ1) is 16.6. The fourth-order valence-electron chi connectivity index (χ4n) is 2.14. The third-order valence-electron chi connectivity index (χ3n) is 3.29. The van der Waals surface area contributed by atoms with Crippen molar-refractivity contribution in [1.29, 1.82) is 0 Å². The minimum Gasteiger partial charge on any atom is -1.00 e. The number of nitrogens with zero attached hydrogens (tertiary/aromatic N) is 2. The van der Waals surface area contributed by atoms with Gasteiger partial charge in [-0.25, -0.2) is 0 Å². The Labute approximate surface area is 148 Å². The second-order valence-corrected chi connectivity index (χ2v) is 5.71. The quantitative estimate of drug-likeness (QED) is 0.271. The summed E-state index contributed by atoms with van der Waals surface area (Å²) in [5.74, 6) is 0. The second kappa shape index (κ2) is 6.97. The first-order chi connectivity index (χ1) is 10.1. The summed E-state index contributed by atoms with van der Waals surface area (Å²) < 4.78 is 3.38. The molecule has 0 aliphatic rings. The molecule has 0 fully saturated rings. The van der Waals surface area contributed by atoms with Crippen LogP contribution in [0.25, 0.3) is 22.4 Å². The van der Waals surface area contributed by atoms with Crippen molar-refractivity contribution in [1.82, 2.24) is 0 Å². The van der Waals surface area contributed by atoms with Crippen LogP contribution in [0.5, 0.6) is 0 Å². The molecule has 3 rings (SSSR count). The van der Waals surface area contributed by atoms with Crippen molar-refractivity contribution in [3.63, 3.8) is 0 Å². The maximum atomic E-state index is 10.6. The van der Waals surface area contributed by atoms with E-state index in [0.717, 1.165) is 10.6 Å². The molecule has 6 heteroatoms. The topological polar surface area (TPSA) is 47.0 Å². The van der Waals surface area contributed by atoms with Gasteiger partial charge in [0, 0.05) is 24.3 Å². The number of rotatable bonds is 3. The summed E-state index contributed by atoms with van der Waals surface area (Å²) >= 11 is 1.72. The van der Waals surface area contributed by atoms with Crippen molar-refractivity contribution in [3.8, 4) is 0 Å². The molecule has 4 nitrogen and oxygen atoms in total. The zero-order chi connectivity index (χ0) is 14.8. The molecular formula is C16H13IN2O2S. The van der Waals surface area contributed by atoms with E-state index in [1.165, 1.54) is 22.3 Å². The summed E-state index contributed by atoms with van der Waals surface area (Å²) in [7, 11) is 2.04. The van der Waals surface area contributed by atoms with Crippen LogP contribution >= 0.6 is 11.3 Å². The third kappa shape index (κ3) is 3.33. The van der Waals surface area contributed by atoms with Crippen molar-refractivity contribution in [2.24, 2.45) is 7.05 Å². The molecule has 22 heavy (non-hydrogen) atoms. The highest BCUT2D eigenvalue weighted by Crippen LogP contribution is 2.21. The monoisotopic (exact) mass is 424 g/mol. The molecule has 0 aliphatic heterocycles. The fourth-order valence-corrected chi connectivity index (χ4v) is 3.19. The molecular weight excluding hydrogens is 411 g/mol. The van der Waals surface area contributed by atoms with Crippen LogP contribution in [0.4, 0.5) is 5.69 Å². The predicted molar refractivity (Wildman–Crippen MR) is 85.0 cm³/mol. The minimum absolute atomic E-state index is 0. The van der Waals surface area contributed by atoms with Gasteiger partial charge in [0.05, 0.1) is 4.92 Å². The molecule has 1 heterocycles. The lowest BCUT2D eigenvalue weighted by atomic mass is 10.2. The number of fused-ring (bicyclic) bond motifs is 1. The smallest absolute Gasteiger partial charge is 0.269 e. The van der Waals surface area contributed by atoms with Gasteiger partial charge < -0.3 is 24.0 Å². The standard InChI is InChI=1S/C16H13N2O2S.HI/c1-17-14-4-2-3-5-15(14)21-16(17)11-8-12-6-9-13(10-7-12)18(19)20;/h2-11H,1H3;1H/q+1;/p-1. The molecule has 0 amide bonds. The molecule has 0 atom stereocenters. The zero-order valence-electron chi connectivity index (χ0n) is 11.8. The van der Waals surface area contributed by atoms with Crippen molar-refractivity contribution >= 4 is 39.4 Å². The number of hydrogen-bond donors (Lipinski definition) is 0. The minimum atomic E-state index is -0.389. The van der Waals surface area contributed by atoms with Gasteiger partial charge >= 0.3 is 0 Å². The Morgan fingerprint density at radius 2 is 1.77 bits per heavy atom. The van der Waals surface area contributed by atoms with E-state index in [0.29, 0.717) is 0 Å². The van der Waals surface area contributed by atoms with Crippen LogP contribution in [-0.2, 0) is 7.05 Å². The first-order valence-electron chi connectivity index (χ1n) is 6.45. The maximum Gasteiger partial charge on any atom is 0.269 e. The molecule has 1 aromatic heterocycles. The summed E-state index contributed by atoms with van der Waals surface area (Å²) in [4.78, 5) is 10.2. The summed E-state index contributed by atoms with van der Waals surface area (Å²) in [6.07, 6.45) is 4.00. The molecule has 0 spiro atoms. The van der Waals surface area contributed by atoms with Gasteiger partial charge in [-0.15, -0.1) is 0 Å². The average molecular weight is 424 g/mol. The van der Waals surface area contributed by atoms with E-state index >= 15 is 0 Å². The number of benzene rings is 2. The molecule has 0 bridgehead atoms. The van der Waals surface area contributed by atoms with Crippen LogP contribution in [0.2, 0.25) is 0 Å². The van der Waals surface area contributed by atoms with E-state index in [1.807, 2.05) is 31.3 Å². The lowest BCUT2D eigenvalue weighted by molar-refractivity contribution is -0.642. The van der Waals surface area contributed by atoms with Crippen molar-refractivity contribution < 1.29 is 33.5 Å². The van der Waals surface area contributed by atoms with Gasteiger partial charge in [0.25, 0.3) is 10.7 Å². The fraction of sp³-hybridized carbons (Fsp3) is 0.0625. The number of aryl methyl sites for hydroxylation is 1. The highest BCUT2D eigenvalue weighted by Gasteiger charge is 2.13. The van der Waals surface area contributed by atoms with Gasteiger partial charge in [-0.1, -0.05) is 23.5 Å². The average Bonchev–Trinajstić information content (AvgIpc) is 2.82. The number of aromatic nitrogens is 1. The van der Waals surface area contributed by atoms with E-state index in [4.69, 9.17) is 0 Å². The van der Waals surface area contributed by atoms with Crippen molar-refractivity contribution in [2.75, 3.05) is 0 Å².